The molecule has 5 nitrogen and oxygen atoms in total. The van der Waals surface area contributed by atoms with Crippen LogP contribution in [0.4, 0.5) is 5.69 Å². The van der Waals surface area contributed by atoms with Crippen molar-refractivity contribution in [2.45, 2.75) is 18.7 Å². The Morgan fingerprint density at radius 2 is 2.20 bits per heavy atom. The average Bonchev–Trinajstić information content (AvgIpc) is 2.78. The summed E-state index contributed by atoms with van der Waals surface area (Å²) >= 11 is 1.49. The summed E-state index contributed by atoms with van der Waals surface area (Å²) in [6.45, 7) is 4.38. The van der Waals surface area contributed by atoms with Crippen LogP contribution in [0.5, 0.6) is 5.75 Å². The SMILES string of the molecule is Cc1cc(S(=O)(=O)N2CCOc3ccncc32)c(C)s1. The quantitative estimate of drug-likeness (QED) is 0.854. The lowest BCUT2D eigenvalue weighted by molar-refractivity contribution is 0.315. The Balaban J connectivity index is 2.12. The van der Waals surface area contributed by atoms with E-state index in [1.54, 1.807) is 18.3 Å². The number of sulfonamides is 1. The number of hydrogen-bond acceptors (Lipinski definition) is 5. The van der Waals surface area contributed by atoms with Gasteiger partial charge in [-0.25, -0.2) is 8.42 Å². The smallest absolute Gasteiger partial charge is 0.265 e. The van der Waals surface area contributed by atoms with Crippen molar-refractivity contribution in [2.24, 2.45) is 0 Å². The van der Waals surface area contributed by atoms with Gasteiger partial charge in [0.1, 0.15) is 22.9 Å². The molecule has 7 heteroatoms. The van der Waals surface area contributed by atoms with Crippen molar-refractivity contribution in [3.63, 3.8) is 0 Å². The predicted octanol–water partition coefficient (Wildman–Crippen LogP) is 2.35. The number of rotatable bonds is 2. The van der Waals surface area contributed by atoms with E-state index in [4.69, 9.17) is 4.74 Å². The van der Waals surface area contributed by atoms with Gasteiger partial charge in [-0.3, -0.25) is 9.29 Å². The average molecular weight is 310 g/mol. The molecule has 0 saturated heterocycles. The summed E-state index contributed by atoms with van der Waals surface area (Å²) in [6.07, 6.45) is 3.12. The van der Waals surface area contributed by atoms with E-state index in [9.17, 15) is 8.42 Å². The maximum atomic E-state index is 12.8. The first-order valence-electron chi connectivity index (χ1n) is 6.17. The molecule has 3 rings (SSSR count). The molecule has 0 aromatic carbocycles. The van der Waals surface area contributed by atoms with E-state index in [0.717, 1.165) is 9.75 Å². The molecule has 1 aliphatic heterocycles. The zero-order chi connectivity index (χ0) is 14.3. The van der Waals surface area contributed by atoms with E-state index in [0.29, 0.717) is 29.5 Å². The molecule has 0 fully saturated rings. The molecule has 0 spiro atoms. The third kappa shape index (κ3) is 2.06. The number of pyridine rings is 1. The van der Waals surface area contributed by atoms with Crippen LogP contribution in [0.15, 0.2) is 29.4 Å². The van der Waals surface area contributed by atoms with Crippen molar-refractivity contribution >= 4 is 27.0 Å². The van der Waals surface area contributed by atoms with Crippen molar-refractivity contribution < 1.29 is 13.2 Å². The zero-order valence-electron chi connectivity index (χ0n) is 11.2. The molecule has 2 aromatic rings. The molecular weight excluding hydrogens is 296 g/mol. The molecule has 3 heterocycles. The second-order valence-electron chi connectivity index (χ2n) is 4.55. The molecule has 20 heavy (non-hydrogen) atoms. The van der Waals surface area contributed by atoms with Crippen molar-refractivity contribution in [1.82, 2.24) is 4.98 Å². The Morgan fingerprint density at radius 1 is 1.40 bits per heavy atom. The monoisotopic (exact) mass is 310 g/mol. The van der Waals surface area contributed by atoms with Gasteiger partial charge in [-0.15, -0.1) is 11.3 Å². The topological polar surface area (TPSA) is 59.5 Å². The maximum Gasteiger partial charge on any atom is 0.265 e. The lowest BCUT2D eigenvalue weighted by Gasteiger charge is -2.29. The Morgan fingerprint density at radius 3 is 2.90 bits per heavy atom. The number of hydrogen-bond donors (Lipinski definition) is 0. The van der Waals surface area contributed by atoms with Crippen LogP contribution < -0.4 is 9.04 Å². The largest absolute Gasteiger partial charge is 0.489 e. The van der Waals surface area contributed by atoms with Gasteiger partial charge in [0.25, 0.3) is 10.0 Å². The van der Waals surface area contributed by atoms with Crippen LogP contribution in [0.2, 0.25) is 0 Å². The molecule has 106 valence electrons. The fourth-order valence-corrected chi connectivity index (χ4v) is 5.25. The van der Waals surface area contributed by atoms with Crippen LogP contribution >= 0.6 is 11.3 Å². The molecule has 0 bridgehead atoms. The van der Waals surface area contributed by atoms with Crippen LogP contribution in [0, 0.1) is 13.8 Å². The summed E-state index contributed by atoms with van der Waals surface area (Å²) in [6, 6.07) is 3.41. The standard InChI is InChI=1S/C13H14N2O3S2/c1-9-7-13(10(2)19-9)20(16,17)15-5-6-18-12-3-4-14-8-11(12)15/h3-4,7-8H,5-6H2,1-2H3. The lowest BCUT2D eigenvalue weighted by atomic mass is 10.3. The fraction of sp³-hybridized carbons (Fsp3) is 0.308. The fourth-order valence-electron chi connectivity index (χ4n) is 2.27. The first-order valence-corrected chi connectivity index (χ1v) is 8.42. The molecule has 0 aliphatic carbocycles. The highest BCUT2D eigenvalue weighted by Crippen LogP contribution is 2.36. The molecule has 0 N–H and O–H groups in total. The van der Waals surface area contributed by atoms with Gasteiger partial charge in [-0.05, 0) is 19.9 Å². The molecular formula is C13H14N2O3S2. The highest BCUT2D eigenvalue weighted by Gasteiger charge is 2.32. The Labute approximate surface area is 121 Å². The highest BCUT2D eigenvalue weighted by molar-refractivity contribution is 7.93. The van der Waals surface area contributed by atoms with Crippen molar-refractivity contribution in [3.8, 4) is 5.75 Å². The first-order chi connectivity index (χ1) is 9.50. The minimum absolute atomic E-state index is 0.301. The van der Waals surface area contributed by atoms with Gasteiger partial charge in [-0.1, -0.05) is 0 Å². The second kappa shape index (κ2) is 4.75. The molecule has 0 saturated carbocycles. The van der Waals surface area contributed by atoms with E-state index >= 15 is 0 Å². The molecule has 1 aliphatic rings. The van der Waals surface area contributed by atoms with E-state index in [-0.39, 0.29) is 0 Å². The number of fused-ring (bicyclic) bond motifs is 1. The summed E-state index contributed by atoms with van der Waals surface area (Å²) in [7, 11) is -3.56. The zero-order valence-corrected chi connectivity index (χ0v) is 12.8. The summed E-state index contributed by atoms with van der Waals surface area (Å²) in [5, 5.41) is 0. The summed E-state index contributed by atoms with van der Waals surface area (Å²) in [5.41, 5.74) is 0.502. The molecule has 0 radical (unpaired) electrons. The minimum Gasteiger partial charge on any atom is -0.489 e. The Hall–Kier alpha value is -1.60. The minimum atomic E-state index is -3.56. The van der Waals surface area contributed by atoms with Crippen LogP contribution in [0.1, 0.15) is 9.75 Å². The van der Waals surface area contributed by atoms with E-state index in [1.165, 1.54) is 21.8 Å². The molecule has 0 amide bonds. The number of thiophene rings is 1. The van der Waals surface area contributed by atoms with Crippen molar-refractivity contribution in [1.29, 1.82) is 0 Å². The number of aromatic nitrogens is 1. The van der Waals surface area contributed by atoms with Gasteiger partial charge >= 0.3 is 0 Å². The van der Waals surface area contributed by atoms with E-state index in [2.05, 4.69) is 4.98 Å². The predicted molar refractivity (Wildman–Crippen MR) is 78.1 cm³/mol. The Kier molecular flexibility index (Phi) is 3.18. The van der Waals surface area contributed by atoms with Gasteiger partial charge in [0.05, 0.1) is 12.7 Å². The highest BCUT2D eigenvalue weighted by atomic mass is 32.2. The maximum absolute atomic E-state index is 12.8. The van der Waals surface area contributed by atoms with E-state index in [1.807, 2.05) is 13.8 Å². The summed E-state index contributed by atoms with van der Waals surface area (Å²) in [5.74, 6) is 0.555. The molecule has 0 atom stereocenters. The van der Waals surface area contributed by atoms with Gasteiger partial charge in [0.15, 0.2) is 0 Å². The summed E-state index contributed by atoms with van der Waals surface area (Å²) < 4.78 is 32.5. The third-order valence-electron chi connectivity index (χ3n) is 3.15. The number of anilines is 1. The summed E-state index contributed by atoms with van der Waals surface area (Å²) in [4.78, 5) is 6.16. The normalized spacial score (nSPS) is 14.8. The Bertz CT molecular complexity index is 753. The van der Waals surface area contributed by atoms with Gasteiger partial charge < -0.3 is 4.74 Å². The van der Waals surface area contributed by atoms with Crippen molar-refractivity contribution in [2.75, 3.05) is 17.5 Å². The van der Waals surface area contributed by atoms with Gasteiger partial charge in [-0.2, -0.15) is 0 Å². The number of aryl methyl sites for hydroxylation is 2. The first kappa shape index (κ1) is 13.4. The van der Waals surface area contributed by atoms with Crippen molar-refractivity contribution in [3.05, 3.63) is 34.3 Å². The number of nitrogens with zero attached hydrogens (tertiary/aromatic N) is 2. The van der Waals surface area contributed by atoms with Crippen LogP contribution in [-0.4, -0.2) is 26.6 Å². The van der Waals surface area contributed by atoms with E-state index < -0.39 is 10.0 Å². The van der Waals surface area contributed by atoms with Gasteiger partial charge in [0, 0.05) is 22.0 Å². The van der Waals surface area contributed by atoms with Gasteiger partial charge in [0.2, 0.25) is 0 Å². The number of ether oxygens (including phenoxy) is 1. The third-order valence-corrected chi connectivity index (χ3v) is 6.18. The molecule has 0 unspecified atom stereocenters. The molecule has 2 aromatic heterocycles. The lowest BCUT2D eigenvalue weighted by Crippen LogP contribution is -2.38. The van der Waals surface area contributed by atoms with Crippen LogP contribution in [-0.2, 0) is 10.0 Å². The van der Waals surface area contributed by atoms with Crippen LogP contribution in [0.25, 0.3) is 0 Å². The van der Waals surface area contributed by atoms with Crippen LogP contribution in [0.3, 0.4) is 0 Å². The second-order valence-corrected chi connectivity index (χ2v) is 7.84.